The van der Waals surface area contributed by atoms with Gasteiger partial charge in [0.05, 0.1) is 20.8 Å². The van der Waals surface area contributed by atoms with Crippen LogP contribution >= 0.6 is 0 Å². The largest absolute Gasteiger partial charge is 0.492 e. The van der Waals surface area contributed by atoms with Crippen LogP contribution in [0.3, 0.4) is 0 Å². The van der Waals surface area contributed by atoms with E-state index in [4.69, 9.17) is 23.7 Å². The number of rotatable bonds is 25. The monoisotopic (exact) mass is 806 g/mol. The average Bonchev–Trinajstić information content (AvgIpc) is 3.62. The summed E-state index contributed by atoms with van der Waals surface area (Å²) in [6.07, 6.45) is 7.81. The van der Waals surface area contributed by atoms with E-state index < -0.39 is 73.9 Å². The van der Waals surface area contributed by atoms with E-state index in [1.165, 1.54) is 50.2 Å². The van der Waals surface area contributed by atoms with E-state index in [1.807, 2.05) is 12.1 Å². The summed E-state index contributed by atoms with van der Waals surface area (Å²) >= 11 is 0. The van der Waals surface area contributed by atoms with Crippen molar-refractivity contribution < 1.29 is 61.9 Å². The summed E-state index contributed by atoms with van der Waals surface area (Å²) in [5.41, 5.74) is 4.32. The van der Waals surface area contributed by atoms with Crippen LogP contribution in [0.2, 0.25) is 0 Å². The van der Waals surface area contributed by atoms with Crippen LogP contribution in [0.1, 0.15) is 88.8 Å². The summed E-state index contributed by atoms with van der Waals surface area (Å²) in [5.74, 6) is -3.78. The first-order valence-corrected chi connectivity index (χ1v) is 19.7. The molecule has 0 amide bonds. The highest BCUT2D eigenvalue weighted by Crippen LogP contribution is 2.35. The van der Waals surface area contributed by atoms with Crippen molar-refractivity contribution in [3.05, 3.63) is 77.4 Å². The molecule has 1 atom stereocenters. The van der Waals surface area contributed by atoms with Crippen molar-refractivity contribution in [1.29, 1.82) is 0 Å². The first-order valence-electron chi connectivity index (χ1n) is 19.7. The number of hydrogen-bond donors (Lipinski definition) is 0. The number of carbonyl (C=O) groups is 6. The van der Waals surface area contributed by atoms with Crippen LogP contribution in [-0.2, 0) is 76.5 Å². The minimum Gasteiger partial charge on any atom is -0.492 e. The molecule has 2 aromatic rings. The van der Waals surface area contributed by atoms with Crippen molar-refractivity contribution in [1.82, 2.24) is 0 Å². The summed E-state index contributed by atoms with van der Waals surface area (Å²) < 4.78 is 37.3. The fraction of sp³-hybridized carbons (Fsp3) is 0.511. The lowest BCUT2D eigenvalue weighted by Crippen LogP contribution is -2.44. The SMILES string of the molecule is C=C(C)C(=O)OCCCc1cc(-c2ccc3c(c2)CC(CCCCCC)C3)ccc1OCC(COC(=O)CC(=O)OC)(COC(=O)CC(=O)OC)COC(=O)C(=C)C. The summed E-state index contributed by atoms with van der Waals surface area (Å²) in [5, 5.41) is 0. The quantitative estimate of drug-likeness (QED) is 0.0339. The molecule has 0 N–H and O–H groups in total. The van der Waals surface area contributed by atoms with Crippen molar-refractivity contribution in [3.63, 3.8) is 0 Å². The van der Waals surface area contributed by atoms with Crippen LogP contribution in [0.5, 0.6) is 5.75 Å². The minimum atomic E-state index is -1.54. The molecule has 0 fully saturated rings. The number of esters is 6. The van der Waals surface area contributed by atoms with Gasteiger partial charge in [-0.05, 0) is 91.8 Å². The van der Waals surface area contributed by atoms with E-state index in [1.54, 1.807) is 13.0 Å². The number of aryl methyl sites for hydroxylation is 1. The summed E-state index contributed by atoms with van der Waals surface area (Å²) in [6.45, 7) is 10.7. The molecular weight excluding hydrogens is 748 g/mol. The van der Waals surface area contributed by atoms with E-state index in [0.29, 0.717) is 24.5 Å². The van der Waals surface area contributed by atoms with Gasteiger partial charge in [-0.15, -0.1) is 0 Å². The maximum atomic E-state index is 12.6. The summed E-state index contributed by atoms with van der Waals surface area (Å²) in [4.78, 5) is 73.5. The Morgan fingerprint density at radius 3 is 1.83 bits per heavy atom. The van der Waals surface area contributed by atoms with Crippen LogP contribution < -0.4 is 4.74 Å². The lowest BCUT2D eigenvalue weighted by molar-refractivity contribution is -0.165. The Morgan fingerprint density at radius 1 is 0.655 bits per heavy atom. The van der Waals surface area contributed by atoms with Crippen molar-refractivity contribution >= 4 is 35.8 Å². The number of fused-ring (bicyclic) bond motifs is 1. The average molecular weight is 807 g/mol. The van der Waals surface area contributed by atoms with Crippen molar-refractivity contribution in [2.24, 2.45) is 11.3 Å². The summed E-state index contributed by atoms with van der Waals surface area (Å²) in [7, 11) is 2.24. The number of ether oxygens (including phenoxy) is 7. The highest BCUT2D eigenvalue weighted by Gasteiger charge is 2.38. The van der Waals surface area contributed by atoms with E-state index in [-0.39, 0.29) is 24.4 Å². The first-order chi connectivity index (χ1) is 27.7. The molecule has 0 aliphatic heterocycles. The van der Waals surface area contributed by atoms with E-state index in [2.05, 4.69) is 47.8 Å². The number of hydrogen-bond acceptors (Lipinski definition) is 13. The van der Waals surface area contributed by atoms with Crippen LogP contribution in [0.4, 0.5) is 0 Å². The van der Waals surface area contributed by atoms with Crippen LogP contribution in [-0.4, -0.2) is 83.1 Å². The fourth-order valence-corrected chi connectivity index (χ4v) is 6.37. The van der Waals surface area contributed by atoms with Gasteiger partial charge in [-0.1, -0.05) is 70.0 Å². The normalized spacial score (nSPS) is 13.1. The minimum absolute atomic E-state index is 0.0828. The number of methoxy groups -OCH3 is 2. The Labute approximate surface area is 341 Å². The standard InChI is InChI=1S/C45H58O13/c1-8-9-10-11-13-32-20-33-15-16-34(23-37(33)21-32)35-17-18-38(36(22-35)14-12-19-54-43(50)30(2)3)55-26-45(29-58-44(51)31(4)5,27-56-41(48)24-39(46)52-6)28-57-42(49)25-40(47)53-7/h15-18,22-23,32H,2,4,8-14,19-21,24-29H2,1,3,5-7H3. The topological polar surface area (TPSA) is 167 Å². The van der Waals surface area contributed by atoms with Gasteiger partial charge in [-0.3, -0.25) is 19.2 Å². The molecule has 0 saturated carbocycles. The molecule has 0 saturated heterocycles. The van der Waals surface area contributed by atoms with Crippen molar-refractivity contribution in [2.75, 3.05) is 47.3 Å². The Balaban J connectivity index is 1.96. The smallest absolute Gasteiger partial charge is 0.333 e. The van der Waals surface area contributed by atoms with Gasteiger partial charge in [0.2, 0.25) is 0 Å². The second kappa shape index (κ2) is 23.7. The molecule has 1 aliphatic carbocycles. The molecular formula is C45H58O13. The molecule has 0 heterocycles. The van der Waals surface area contributed by atoms with Crippen molar-refractivity contribution in [3.8, 4) is 16.9 Å². The zero-order chi connectivity index (χ0) is 42.7. The van der Waals surface area contributed by atoms with Crippen LogP contribution in [0, 0.1) is 11.3 Å². The van der Waals surface area contributed by atoms with Gasteiger partial charge in [0.15, 0.2) is 0 Å². The van der Waals surface area contributed by atoms with Crippen LogP contribution in [0.25, 0.3) is 11.1 Å². The lowest BCUT2D eigenvalue weighted by atomic mass is 9.91. The molecule has 13 heteroatoms. The van der Waals surface area contributed by atoms with Gasteiger partial charge in [-0.2, -0.15) is 0 Å². The molecule has 1 aliphatic rings. The second-order valence-electron chi connectivity index (χ2n) is 14.9. The third-order valence-corrected chi connectivity index (χ3v) is 9.76. The molecule has 58 heavy (non-hydrogen) atoms. The van der Waals surface area contributed by atoms with E-state index in [0.717, 1.165) is 43.8 Å². The highest BCUT2D eigenvalue weighted by atomic mass is 16.6. The lowest BCUT2D eigenvalue weighted by Gasteiger charge is -2.32. The maximum Gasteiger partial charge on any atom is 0.333 e. The molecule has 0 radical (unpaired) electrons. The van der Waals surface area contributed by atoms with Crippen LogP contribution in [0.15, 0.2) is 60.7 Å². The molecule has 0 spiro atoms. The zero-order valence-electron chi connectivity index (χ0n) is 34.6. The maximum absolute atomic E-state index is 12.6. The van der Waals surface area contributed by atoms with Gasteiger partial charge < -0.3 is 33.2 Å². The Bertz CT molecular complexity index is 1760. The molecule has 0 aromatic heterocycles. The van der Waals surface area contributed by atoms with E-state index in [9.17, 15) is 28.8 Å². The van der Waals surface area contributed by atoms with Gasteiger partial charge in [-0.25, -0.2) is 9.59 Å². The third-order valence-electron chi connectivity index (χ3n) is 9.76. The van der Waals surface area contributed by atoms with Gasteiger partial charge in [0.1, 0.15) is 50.4 Å². The first kappa shape index (κ1) is 46.9. The van der Waals surface area contributed by atoms with Gasteiger partial charge in [0.25, 0.3) is 0 Å². The summed E-state index contributed by atoms with van der Waals surface area (Å²) in [6, 6.07) is 12.3. The third kappa shape index (κ3) is 15.5. The number of unbranched alkanes of at least 4 members (excludes halogenated alkanes) is 3. The number of benzene rings is 2. The Kier molecular flexibility index (Phi) is 19.2. The molecule has 0 bridgehead atoms. The molecule has 13 nitrogen and oxygen atoms in total. The van der Waals surface area contributed by atoms with Gasteiger partial charge >= 0.3 is 35.8 Å². The predicted octanol–water partition coefficient (Wildman–Crippen LogP) is 6.79. The zero-order valence-corrected chi connectivity index (χ0v) is 34.6. The number of carbonyl (C=O) groups excluding carboxylic acids is 6. The Hall–Kier alpha value is -5.46. The van der Waals surface area contributed by atoms with Crippen molar-refractivity contribution in [2.45, 2.75) is 91.4 Å². The fourth-order valence-electron chi connectivity index (χ4n) is 6.37. The predicted molar refractivity (Wildman–Crippen MR) is 215 cm³/mol. The molecule has 316 valence electrons. The molecule has 1 unspecified atom stereocenters. The van der Waals surface area contributed by atoms with E-state index >= 15 is 0 Å². The second-order valence-corrected chi connectivity index (χ2v) is 14.9. The van der Waals surface area contributed by atoms with Gasteiger partial charge in [0, 0.05) is 11.1 Å². The highest BCUT2D eigenvalue weighted by molar-refractivity contribution is 5.91. The molecule has 2 aromatic carbocycles. The Morgan fingerprint density at radius 2 is 1.22 bits per heavy atom. The molecule has 3 rings (SSSR count).